The van der Waals surface area contributed by atoms with Gasteiger partial charge in [-0.15, -0.1) is 0 Å². The highest BCUT2D eigenvalue weighted by molar-refractivity contribution is 5.90. The molecule has 0 N–H and O–H groups in total. The van der Waals surface area contributed by atoms with Crippen LogP contribution in [0.1, 0.15) is 31.0 Å². The number of hydrogen-bond donors (Lipinski definition) is 0. The van der Waals surface area contributed by atoms with Gasteiger partial charge in [0.05, 0.1) is 5.69 Å². The van der Waals surface area contributed by atoms with Crippen LogP contribution in [0.4, 0.5) is 0 Å². The molecule has 0 amide bonds. The smallest absolute Gasteiger partial charge is 0.0559 e. The van der Waals surface area contributed by atoms with E-state index in [0.29, 0.717) is 11.8 Å². The SMILES string of the molecule is CC1(C)c2cccc3ccnc(c23)C2C=CC=CC21. The first-order valence-corrected chi connectivity index (χ1v) is 6.93. The molecular formula is C18H17N. The average Bonchev–Trinajstić information content (AvgIpc) is 2.45. The van der Waals surface area contributed by atoms with E-state index in [1.807, 2.05) is 6.20 Å². The molecule has 19 heavy (non-hydrogen) atoms. The number of benzene rings is 1. The van der Waals surface area contributed by atoms with Gasteiger partial charge >= 0.3 is 0 Å². The maximum absolute atomic E-state index is 4.70. The summed E-state index contributed by atoms with van der Waals surface area (Å²) in [6, 6.07) is 8.77. The molecule has 0 saturated carbocycles. The highest BCUT2D eigenvalue weighted by Crippen LogP contribution is 2.51. The Bertz CT molecular complexity index is 716. The highest BCUT2D eigenvalue weighted by atomic mass is 14.7. The lowest BCUT2D eigenvalue weighted by Crippen LogP contribution is -2.36. The molecule has 1 aromatic heterocycles. The predicted octanol–water partition coefficient (Wildman–Crippen LogP) is 4.35. The van der Waals surface area contributed by atoms with E-state index < -0.39 is 0 Å². The van der Waals surface area contributed by atoms with Crippen molar-refractivity contribution in [3.63, 3.8) is 0 Å². The fourth-order valence-corrected chi connectivity index (χ4v) is 3.78. The first-order chi connectivity index (χ1) is 9.19. The van der Waals surface area contributed by atoms with Gasteiger partial charge in [-0.25, -0.2) is 0 Å². The van der Waals surface area contributed by atoms with E-state index in [9.17, 15) is 0 Å². The summed E-state index contributed by atoms with van der Waals surface area (Å²) in [5.74, 6) is 0.920. The van der Waals surface area contributed by atoms with Crippen LogP contribution < -0.4 is 0 Å². The van der Waals surface area contributed by atoms with E-state index in [1.165, 1.54) is 22.0 Å². The molecule has 4 rings (SSSR count). The second-order valence-electron chi connectivity index (χ2n) is 6.14. The van der Waals surface area contributed by atoms with E-state index in [1.54, 1.807) is 0 Å². The Kier molecular flexibility index (Phi) is 2.06. The summed E-state index contributed by atoms with van der Waals surface area (Å²) < 4.78 is 0. The Morgan fingerprint density at radius 1 is 1.05 bits per heavy atom. The molecule has 0 fully saturated rings. The summed E-state index contributed by atoms with van der Waals surface area (Å²) >= 11 is 0. The summed E-state index contributed by atoms with van der Waals surface area (Å²) in [6.45, 7) is 4.72. The second kappa shape index (κ2) is 3.57. The molecule has 2 unspecified atom stereocenters. The lowest BCUT2D eigenvalue weighted by molar-refractivity contribution is 0.341. The van der Waals surface area contributed by atoms with Gasteiger partial charge in [0.2, 0.25) is 0 Å². The van der Waals surface area contributed by atoms with Crippen molar-refractivity contribution in [2.45, 2.75) is 25.2 Å². The lowest BCUT2D eigenvalue weighted by Gasteiger charge is -2.43. The highest BCUT2D eigenvalue weighted by Gasteiger charge is 2.42. The Balaban J connectivity index is 2.15. The van der Waals surface area contributed by atoms with E-state index in [4.69, 9.17) is 4.98 Å². The third-order valence-corrected chi connectivity index (χ3v) is 4.80. The molecule has 2 atom stereocenters. The van der Waals surface area contributed by atoms with Crippen LogP contribution in [0.5, 0.6) is 0 Å². The van der Waals surface area contributed by atoms with Gasteiger partial charge in [0.15, 0.2) is 0 Å². The standard InChI is InChI=1S/C18H17N/c1-18(2)14-8-4-3-7-13(14)17-16-12(10-11-19-17)6-5-9-15(16)18/h3-11,13-14H,1-2H3. The zero-order valence-corrected chi connectivity index (χ0v) is 11.3. The summed E-state index contributed by atoms with van der Waals surface area (Å²) in [4.78, 5) is 4.70. The zero-order valence-electron chi connectivity index (χ0n) is 11.3. The van der Waals surface area contributed by atoms with Crippen molar-refractivity contribution in [3.8, 4) is 0 Å². The molecule has 0 radical (unpaired) electrons. The lowest BCUT2D eigenvalue weighted by atomic mass is 9.61. The Labute approximate surface area is 113 Å². The van der Waals surface area contributed by atoms with Crippen molar-refractivity contribution >= 4 is 10.8 Å². The van der Waals surface area contributed by atoms with Crippen LogP contribution in [-0.4, -0.2) is 4.98 Å². The van der Waals surface area contributed by atoms with Crippen molar-refractivity contribution in [1.82, 2.24) is 4.98 Å². The third kappa shape index (κ3) is 1.33. The summed E-state index contributed by atoms with van der Waals surface area (Å²) in [7, 11) is 0. The van der Waals surface area contributed by atoms with E-state index >= 15 is 0 Å². The van der Waals surface area contributed by atoms with E-state index in [0.717, 1.165) is 0 Å². The molecule has 1 aromatic carbocycles. The van der Waals surface area contributed by atoms with Gasteiger partial charge in [-0.1, -0.05) is 56.4 Å². The number of nitrogens with zero attached hydrogens (tertiary/aromatic N) is 1. The Hall–Kier alpha value is -1.89. The number of hydrogen-bond acceptors (Lipinski definition) is 1. The van der Waals surface area contributed by atoms with Crippen LogP contribution in [0.15, 0.2) is 54.8 Å². The molecule has 2 aromatic rings. The molecule has 2 aliphatic carbocycles. The van der Waals surface area contributed by atoms with Crippen molar-refractivity contribution in [2.75, 3.05) is 0 Å². The normalized spacial score (nSPS) is 26.4. The molecule has 1 heteroatoms. The van der Waals surface area contributed by atoms with Crippen molar-refractivity contribution in [2.24, 2.45) is 5.92 Å². The average molecular weight is 247 g/mol. The minimum absolute atomic E-state index is 0.154. The van der Waals surface area contributed by atoms with Gasteiger partial charge in [0, 0.05) is 17.5 Å². The number of fused-ring (bicyclic) bond motifs is 2. The quantitative estimate of drug-likeness (QED) is 0.674. The van der Waals surface area contributed by atoms with Gasteiger partial charge in [-0.3, -0.25) is 4.98 Å². The van der Waals surface area contributed by atoms with Crippen molar-refractivity contribution in [3.05, 3.63) is 66.0 Å². The number of rotatable bonds is 0. The molecule has 2 aliphatic rings. The Morgan fingerprint density at radius 2 is 1.89 bits per heavy atom. The first kappa shape index (κ1) is 11.0. The molecule has 0 spiro atoms. The van der Waals surface area contributed by atoms with Gasteiger partial charge in [-0.05, 0) is 28.3 Å². The maximum Gasteiger partial charge on any atom is 0.0559 e. The van der Waals surface area contributed by atoms with Crippen LogP contribution in [0, 0.1) is 5.92 Å². The number of allylic oxidation sites excluding steroid dienone is 4. The monoisotopic (exact) mass is 247 g/mol. The molecule has 0 bridgehead atoms. The van der Waals surface area contributed by atoms with Crippen LogP contribution in [0.25, 0.3) is 10.8 Å². The van der Waals surface area contributed by atoms with Crippen molar-refractivity contribution < 1.29 is 0 Å². The van der Waals surface area contributed by atoms with Crippen LogP contribution in [0.3, 0.4) is 0 Å². The summed E-state index contributed by atoms with van der Waals surface area (Å²) in [5.41, 5.74) is 2.84. The fourth-order valence-electron chi connectivity index (χ4n) is 3.78. The van der Waals surface area contributed by atoms with Crippen LogP contribution in [-0.2, 0) is 5.41 Å². The molecule has 0 aliphatic heterocycles. The summed E-state index contributed by atoms with van der Waals surface area (Å²) in [5, 5.41) is 2.69. The first-order valence-electron chi connectivity index (χ1n) is 6.93. The number of aromatic nitrogens is 1. The van der Waals surface area contributed by atoms with Gasteiger partial charge < -0.3 is 0 Å². The van der Waals surface area contributed by atoms with E-state index in [-0.39, 0.29) is 5.41 Å². The largest absolute Gasteiger partial charge is 0.260 e. The van der Waals surface area contributed by atoms with E-state index in [2.05, 4.69) is 62.4 Å². The number of pyridine rings is 1. The molecule has 1 heterocycles. The molecule has 0 saturated heterocycles. The molecular weight excluding hydrogens is 230 g/mol. The molecule has 1 nitrogen and oxygen atoms in total. The Morgan fingerprint density at radius 3 is 2.79 bits per heavy atom. The topological polar surface area (TPSA) is 12.9 Å². The maximum atomic E-state index is 4.70. The van der Waals surface area contributed by atoms with Gasteiger partial charge in [0.1, 0.15) is 0 Å². The van der Waals surface area contributed by atoms with Gasteiger partial charge in [0.25, 0.3) is 0 Å². The third-order valence-electron chi connectivity index (χ3n) is 4.80. The summed E-state index contributed by atoms with van der Waals surface area (Å²) in [6.07, 6.45) is 10.9. The predicted molar refractivity (Wildman–Crippen MR) is 79.3 cm³/mol. The van der Waals surface area contributed by atoms with Crippen molar-refractivity contribution in [1.29, 1.82) is 0 Å². The second-order valence-corrected chi connectivity index (χ2v) is 6.14. The minimum Gasteiger partial charge on any atom is -0.260 e. The fraction of sp³-hybridized carbons (Fsp3) is 0.278. The van der Waals surface area contributed by atoms with Crippen LogP contribution >= 0.6 is 0 Å². The van der Waals surface area contributed by atoms with Gasteiger partial charge in [-0.2, -0.15) is 0 Å². The molecule has 94 valence electrons. The zero-order chi connectivity index (χ0) is 13.0. The minimum atomic E-state index is 0.154. The van der Waals surface area contributed by atoms with Crippen LogP contribution in [0.2, 0.25) is 0 Å².